The molecule has 1 aromatic heterocycles. The molecule has 1 aliphatic heterocycles. The number of anilines is 1. The predicted octanol–water partition coefficient (Wildman–Crippen LogP) is 5.08. The Kier molecular flexibility index (Phi) is 7.34. The van der Waals surface area contributed by atoms with Crippen LogP contribution in [0.15, 0.2) is 58.5 Å². The smallest absolute Gasteiger partial charge is 0.264 e. The molecule has 6 nitrogen and oxygen atoms in total. The van der Waals surface area contributed by atoms with E-state index in [1.807, 2.05) is 42.3 Å². The molecule has 0 unspecified atom stereocenters. The lowest BCUT2D eigenvalue weighted by atomic mass is 10.0. The van der Waals surface area contributed by atoms with Crippen LogP contribution in [0.25, 0.3) is 5.69 Å². The Labute approximate surface area is 219 Å². The molecule has 9 heteroatoms. The molecule has 0 saturated heterocycles. The van der Waals surface area contributed by atoms with Crippen LogP contribution in [-0.2, 0) is 17.8 Å². The van der Waals surface area contributed by atoms with E-state index in [0.717, 1.165) is 35.1 Å². The zero-order valence-corrected chi connectivity index (χ0v) is 21.7. The second-order valence-corrected chi connectivity index (χ2v) is 11.0. The van der Waals surface area contributed by atoms with Crippen LogP contribution in [0.4, 0.5) is 10.1 Å². The van der Waals surface area contributed by atoms with Gasteiger partial charge in [0, 0.05) is 43.9 Å². The summed E-state index contributed by atoms with van der Waals surface area (Å²) >= 11 is 7.59. The normalized spacial score (nSPS) is 15.4. The maximum Gasteiger partial charge on any atom is 0.264 e. The average Bonchev–Trinajstić information content (AvgIpc) is 2.86. The second kappa shape index (κ2) is 10.6. The maximum atomic E-state index is 13.7. The molecule has 188 valence electrons. The van der Waals surface area contributed by atoms with Crippen molar-refractivity contribution in [2.75, 3.05) is 25.0 Å². The molecule has 2 heterocycles. The van der Waals surface area contributed by atoms with Crippen molar-refractivity contribution in [2.24, 2.45) is 0 Å². The molecule has 0 bridgehead atoms. The number of hydrogen-bond acceptors (Lipinski definition) is 5. The second-order valence-electron chi connectivity index (χ2n) is 9.30. The maximum absolute atomic E-state index is 13.7. The van der Waals surface area contributed by atoms with Crippen molar-refractivity contribution < 1.29 is 9.18 Å². The van der Waals surface area contributed by atoms with Crippen molar-refractivity contribution in [3.05, 3.63) is 81.0 Å². The van der Waals surface area contributed by atoms with Crippen LogP contribution in [0.5, 0.6) is 0 Å². The Morgan fingerprint density at radius 2 is 2.00 bits per heavy atom. The van der Waals surface area contributed by atoms with Crippen LogP contribution in [0.1, 0.15) is 36.9 Å². The van der Waals surface area contributed by atoms with E-state index in [4.69, 9.17) is 16.6 Å². The van der Waals surface area contributed by atoms with Crippen LogP contribution in [0, 0.1) is 5.82 Å². The number of hydrogen-bond donors (Lipinski definition) is 0. The molecular weight excluding hydrogens is 499 g/mol. The lowest BCUT2D eigenvalue weighted by molar-refractivity contribution is -0.131. The van der Waals surface area contributed by atoms with Gasteiger partial charge in [-0.15, -0.1) is 0 Å². The summed E-state index contributed by atoms with van der Waals surface area (Å²) in [6.07, 6.45) is 4.35. The van der Waals surface area contributed by atoms with Gasteiger partial charge in [0.25, 0.3) is 5.56 Å². The van der Waals surface area contributed by atoms with E-state index in [9.17, 15) is 14.0 Å². The van der Waals surface area contributed by atoms with Gasteiger partial charge in [-0.3, -0.25) is 14.2 Å². The van der Waals surface area contributed by atoms with Gasteiger partial charge in [-0.05, 0) is 43.2 Å². The molecular formula is C27H28ClFN4O2S. The monoisotopic (exact) mass is 526 g/mol. The van der Waals surface area contributed by atoms with Gasteiger partial charge in [-0.2, -0.15) is 0 Å². The van der Waals surface area contributed by atoms with E-state index in [-0.39, 0.29) is 29.5 Å². The fraction of sp³-hybridized carbons (Fsp3) is 0.370. The van der Waals surface area contributed by atoms with Crippen LogP contribution in [-0.4, -0.2) is 45.7 Å². The zero-order valence-electron chi connectivity index (χ0n) is 20.1. The predicted molar refractivity (Wildman–Crippen MR) is 142 cm³/mol. The number of fused-ring (bicyclic) bond motifs is 1. The minimum Gasteiger partial charge on any atom is -0.374 e. The Bertz CT molecular complexity index is 1330. The van der Waals surface area contributed by atoms with E-state index < -0.39 is 5.82 Å². The minimum atomic E-state index is -0.471. The van der Waals surface area contributed by atoms with E-state index in [2.05, 4.69) is 0 Å². The third-order valence-electron chi connectivity index (χ3n) is 6.90. The SMILES string of the molecule is CN(CCC(=O)N1CCc2nc(SC3CCC3)n(-c3ccccc3)c(=O)c2C1)c1ccc(F)c(Cl)c1. The molecule has 0 atom stereocenters. The third-order valence-corrected chi connectivity index (χ3v) is 8.47. The summed E-state index contributed by atoms with van der Waals surface area (Å²) < 4.78 is 15.2. The molecule has 0 spiro atoms. The summed E-state index contributed by atoms with van der Waals surface area (Å²) in [6.45, 7) is 1.24. The van der Waals surface area contributed by atoms with Crippen molar-refractivity contribution in [3.8, 4) is 5.69 Å². The van der Waals surface area contributed by atoms with Crippen molar-refractivity contribution in [1.82, 2.24) is 14.5 Å². The number of para-hydroxylation sites is 1. The lowest BCUT2D eigenvalue weighted by Crippen LogP contribution is -2.42. The summed E-state index contributed by atoms with van der Waals surface area (Å²) in [5.74, 6) is -0.500. The summed E-state index contributed by atoms with van der Waals surface area (Å²) in [7, 11) is 1.84. The number of rotatable bonds is 7. The lowest BCUT2D eigenvalue weighted by Gasteiger charge is -2.31. The molecule has 36 heavy (non-hydrogen) atoms. The number of carbonyl (C=O) groups is 1. The zero-order chi connectivity index (χ0) is 25.2. The molecule has 1 saturated carbocycles. The largest absolute Gasteiger partial charge is 0.374 e. The first-order valence-electron chi connectivity index (χ1n) is 12.2. The number of benzene rings is 2. The molecule has 3 aromatic rings. The number of halogens is 2. The highest BCUT2D eigenvalue weighted by atomic mass is 35.5. The molecule has 1 amide bonds. The summed E-state index contributed by atoms with van der Waals surface area (Å²) in [6, 6.07) is 14.1. The minimum absolute atomic E-state index is 0.0284. The van der Waals surface area contributed by atoms with Crippen molar-refractivity contribution in [1.29, 1.82) is 0 Å². The van der Waals surface area contributed by atoms with Crippen molar-refractivity contribution in [3.63, 3.8) is 0 Å². The molecule has 0 N–H and O–H groups in total. The van der Waals surface area contributed by atoms with Gasteiger partial charge in [0.15, 0.2) is 5.16 Å². The summed E-state index contributed by atoms with van der Waals surface area (Å²) in [5.41, 5.74) is 2.84. The van der Waals surface area contributed by atoms with Crippen LogP contribution < -0.4 is 10.5 Å². The first-order valence-corrected chi connectivity index (χ1v) is 13.5. The number of amides is 1. The Morgan fingerprint density at radius 3 is 2.69 bits per heavy atom. The van der Waals surface area contributed by atoms with Gasteiger partial charge in [0.2, 0.25) is 5.91 Å². The van der Waals surface area contributed by atoms with Crippen molar-refractivity contribution >= 4 is 35.0 Å². The van der Waals surface area contributed by atoms with E-state index in [1.165, 1.54) is 12.5 Å². The van der Waals surface area contributed by atoms with Gasteiger partial charge in [-0.1, -0.05) is 48.0 Å². The fourth-order valence-corrected chi connectivity index (χ4v) is 5.96. The number of carbonyl (C=O) groups excluding carboxylic acids is 1. The Hall–Kier alpha value is -2.84. The van der Waals surface area contributed by atoms with Crippen molar-refractivity contribution in [2.45, 2.75) is 49.1 Å². The standard InChI is InChI=1S/C27H28ClFN4O2S/c1-31(19-10-11-23(29)22(28)16-19)14-13-25(34)32-15-12-24-21(17-32)26(35)33(18-6-3-2-4-7-18)27(30-24)36-20-8-5-9-20/h2-4,6-7,10-11,16,20H,5,8-9,12-15,17H2,1H3. The molecule has 2 aliphatic rings. The fourth-order valence-electron chi connectivity index (χ4n) is 4.46. The van der Waals surface area contributed by atoms with Gasteiger partial charge >= 0.3 is 0 Å². The summed E-state index contributed by atoms with van der Waals surface area (Å²) in [4.78, 5) is 35.3. The van der Waals surface area contributed by atoms with Gasteiger partial charge in [0.1, 0.15) is 5.82 Å². The average molecular weight is 527 g/mol. The molecule has 2 aromatic carbocycles. The van der Waals surface area contributed by atoms with E-state index in [0.29, 0.717) is 30.3 Å². The molecule has 1 aliphatic carbocycles. The number of thioether (sulfide) groups is 1. The quantitative estimate of drug-likeness (QED) is 0.402. The Morgan fingerprint density at radius 1 is 1.22 bits per heavy atom. The molecule has 0 radical (unpaired) electrons. The topological polar surface area (TPSA) is 58.4 Å². The summed E-state index contributed by atoms with van der Waals surface area (Å²) in [5, 5.41) is 1.30. The van der Waals surface area contributed by atoms with E-state index in [1.54, 1.807) is 33.4 Å². The highest BCUT2D eigenvalue weighted by Gasteiger charge is 2.29. The molecule has 5 rings (SSSR count). The van der Waals surface area contributed by atoms with Crippen LogP contribution in [0.2, 0.25) is 5.02 Å². The first kappa shape index (κ1) is 24.8. The molecule has 1 fully saturated rings. The first-order chi connectivity index (χ1) is 17.4. The van der Waals surface area contributed by atoms with Gasteiger partial charge in [0.05, 0.1) is 28.5 Å². The number of nitrogens with zero attached hydrogens (tertiary/aromatic N) is 4. The highest BCUT2D eigenvalue weighted by molar-refractivity contribution is 7.99. The van der Waals surface area contributed by atoms with Crippen LogP contribution in [0.3, 0.4) is 0 Å². The highest BCUT2D eigenvalue weighted by Crippen LogP contribution is 2.36. The van der Waals surface area contributed by atoms with Crippen LogP contribution >= 0.6 is 23.4 Å². The van der Waals surface area contributed by atoms with Gasteiger partial charge < -0.3 is 9.80 Å². The Balaban J connectivity index is 1.34. The number of aromatic nitrogens is 2. The van der Waals surface area contributed by atoms with Gasteiger partial charge in [-0.25, -0.2) is 9.37 Å². The third kappa shape index (κ3) is 5.15. The van der Waals surface area contributed by atoms with E-state index >= 15 is 0 Å².